The van der Waals surface area contributed by atoms with Crippen molar-refractivity contribution in [1.29, 1.82) is 0 Å². The van der Waals surface area contributed by atoms with Gasteiger partial charge in [0.05, 0.1) is 28.0 Å². The molecule has 0 unspecified atom stereocenters. The highest BCUT2D eigenvalue weighted by Gasteiger charge is 2.12. The van der Waals surface area contributed by atoms with Gasteiger partial charge in [0.2, 0.25) is 5.91 Å². The fraction of sp³-hybridized carbons (Fsp3) is 0.0870. The van der Waals surface area contributed by atoms with E-state index in [4.69, 9.17) is 4.74 Å². The van der Waals surface area contributed by atoms with Gasteiger partial charge in [0.15, 0.2) is 5.13 Å². The van der Waals surface area contributed by atoms with Crippen LogP contribution in [0.4, 0.5) is 16.5 Å². The predicted octanol–water partition coefficient (Wildman–Crippen LogP) is 5.20. The van der Waals surface area contributed by atoms with Crippen LogP contribution in [0.15, 0.2) is 71.6 Å². The fourth-order valence-electron chi connectivity index (χ4n) is 2.99. The third-order valence-electron chi connectivity index (χ3n) is 4.64. The normalized spacial score (nSPS) is 10.6. The lowest BCUT2D eigenvalue weighted by Crippen LogP contribution is -2.14. The Kier molecular flexibility index (Phi) is 7.04. The first-order valence-corrected chi connectivity index (χ1v) is 11.7. The quantitative estimate of drug-likeness (QED) is 0.196. The zero-order chi connectivity index (χ0) is 24.1. The largest absolute Gasteiger partial charge is 0.497 e. The summed E-state index contributed by atoms with van der Waals surface area (Å²) in [6.45, 7) is 0. The van der Waals surface area contributed by atoms with Gasteiger partial charge in [0, 0.05) is 28.3 Å². The molecule has 0 bridgehead atoms. The molecule has 172 valence electrons. The van der Waals surface area contributed by atoms with E-state index in [1.54, 1.807) is 25.3 Å². The monoisotopic (exact) mass is 494 g/mol. The van der Waals surface area contributed by atoms with E-state index in [1.807, 2.05) is 24.3 Å². The molecule has 4 aromatic rings. The highest BCUT2D eigenvalue weighted by Crippen LogP contribution is 2.29. The van der Waals surface area contributed by atoms with Gasteiger partial charge >= 0.3 is 0 Å². The highest BCUT2D eigenvalue weighted by molar-refractivity contribution is 8.00. The first-order chi connectivity index (χ1) is 16.4. The standard InChI is InChI=1S/C23H18N4O5S2/c1-32-17-9-10-19-20(12-17)34-23(25-19)26-21(28)13-33-18-4-2-3-15(11-18)24-22(29)14-5-7-16(8-6-14)27(30)31/h2-12H,13H2,1H3,(H,24,29)(H,25,26,28). The number of aromatic nitrogens is 1. The number of nitrogens with zero attached hydrogens (tertiary/aromatic N) is 2. The van der Waals surface area contributed by atoms with E-state index in [1.165, 1.54) is 47.4 Å². The Bertz CT molecular complexity index is 1370. The highest BCUT2D eigenvalue weighted by atomic mass is 32.2. The lowest BCUT2D eigenvalue weighted by atomic mass is 10.2. The number of non-ortho nitro benzene ring substituents is 1. The van der Waals surface area contributed by atoms with Gasteiger partial charge in [-0.15, -0.1) is 11.8 Å². The van der Waals surface area contributed by atoms with E-state index in [9.17, 15) is 19.7 Å². The molecule has 2 N–H and O–H groups in total. The third-order valence-corrected chi connectivity index (χ3v) is 6.57. The number of ether oxygens (including phenoxy) is 1. The summed E-state index contributed by atoms with van der Waals surface area (Å²) < 4.78 is 6.13. The number of hydrogen-bond acceptors (Lipinski definition) is 8. The number of nitro benzene ring substituents is 1. The van der Waals surface area contributed by atoms with Gasteiger partial charge in [-0.1, -0.05) is 17.4 Å². The molecule has 0 spiro atoms. The first kappa shape index (κ1) is 23.2. The van der Waals surface area contributed by atoms with Crippen LogP contribution in [0.5, 0.6) is 5.75 Å². The first-order valence-electron chi connectivity index (χ1n) is 9.94. The average Bonchev–Trinajstić information content (AvgIpc) is 3.24. The second kappa shape index (κ2) is 10.3. The summed E-state index contributed by atoms with van der Waals surface area (Å²) in [6.07, 6.45) is 0. The summed E-state index contributed by atoms with van der Waals surface area (Å²) in [5, 5.41) is 16.8. The van der Waals surface area contributed by atoms with Crippen LogP contribution in [-0.4, -0.2) is 34.6 Å². The molecule has 1 aromatic heterocycles. The number of carbonyl (C=O) groups excluding carboxylic acids is 2. The Morgan fingerprint density at radius 1 is 1.09 bits per heavy atom. The van der Waals surface area contributed by atoms with Gasteiger partial charge in [-0.05, 0) is 48.5 Å². The Balaban J connectivity index is 1.33. The van der Waals surface area contributed by atoms with Crippen molar-refractivity contribution in [2.45, 2.75) is 4.90 Å². The maximum atomic E-state index is 12.4. The topological polar surface area (TPSA) is 123 Å². The van der Waals surface area contributed by atoms with Gasteiger partial charge in [0.1, 0.15) is 5.75 Å². The summed E-state index contributed by atoms with van der Waals surface area (Å²) in [7, 11) is 1.60. The van der Waals surface area contributed by atoms with E-state index in [2.05, 4.69) is 15.6 Å². The lowest BCUT2D eigenvalue weighted by molar-refractivity contribution is -0.384. The molecular weight excluding hydrogens is 476 g/mol. The molecule has 0 radical (unpaired) electrons. The van der Waals surface area contributed by atoms with Crippen molar-refractivity contribution < 1.29 is 19.2 Å². The van der Waals surface area contributed by atoms with Crippen molar-refractivity contribution in [2.24, 2.45) is 0 Å². The van der Waals surface area contributed by atoms with Gasteiger partial charge < -0.3 is 15.4 Å². The number of anilines is 2. The predicted molar refractivity (Wildman–Crippen MR) is 133 cm³/mol. The van der Waals surface area contributed by atoms with E-state index in [0.29, 0.717) is 16.4 Å². The summed E-state index contributed by atoms with van der Waals surface area (Å²) in [6, 6.07) is 18.0. The molecule has 3 aromatic carbocycles. The van der Waals surface area contributed by atoms with Crippen LogP contribution in [0.1, 0.15) is 10.4 Å². The minimum absolute atomic E-state index is 0.0844. The zero-order valence-electron chi connectivity index (χ0n) is 17.8. The molecule has 1 heterocycles. The number of rotatable bonds is 8. The number of fused-ring (bicyclic) bond motifs is 1. The van der Waals surface area contributed by atoms with Crippen LogP contribution < -0.4 is 15.4 Å². The number of thiazole rings is 1. The molecule has 4 rings (SSSR count). The Labute approximate surface area is 202 Å². The second-order valence-electron chi connectivity index (χ2n) is 6.98. The number of amides is 2. The van der Waals surface area contributed by atoms with Crippen molar-refractivity contribution in [3.05, 3.63) is 82.4 Å². The molecule has 0 aliphatic rings. The lowest BCUT2D eigenvalue weighted by Gasteiger charge is -2.07. The van der Waals surface area contributed by atoms with E-state index >= 15 is 0 Å². The van der Waals surface area contributed by atoms with Gasteiger partial charge in [-0.3, -0.25) is 19.7 Å². The SMILES string of the molecule is COc1ccc2nc(NC(=O)CSc3cccc(NC(=O)c4ccc([N+](=O)[O-])cc4)c3)sc2c1. The van der Waals surface area contributed by atoms with Crippen LogP contribution in [-0.2, 0) is 4.79 Å². The summed E-state index contributed by atoms with van der Waals surface area (Å²) in [5.41, 5.74) is 1.55. The molecule has 11 heteroatoms. The number of thioether (sulfide) groups is 1. The second-order valence-corrected chi connectivity index (χ2v) is 9.05. The minimum Gasteiger partial charge on any atom is -0.497 e. The Morgan fingerprint density at radius 2 is 1.88 bits per heavy atom. The van der Waals surface area contributed by atoms with Crippen LogP contribution in [0, 0.1) is 10.1 Å². The van der Waals surface area contributed by atoms with E-state index in [-0.39, 0.29) is 23.3 Å². The number of hydrogen-bond donors (Lipinski definition) is 2. The van der Waals surface area contributed by atoms with Gasteiger partial charge in [-0.25, -0.2) is 4.98 Å². The van der Waals surface area contributed by atoms with Crippen molar-refractivity contribution in [2.75, 3.05) is 23.5 Å². The molecule has 34 heavy (non-hydrogen) atoms. The molecule has 2 amide bonds. The number of carbonyl (C=O) groups is 2. The summed E-state index contributed by atoms with van der Waals surface area (Å²) in [5.74, 6) is 0.308. The van der Waals surface area contributed by atoms with E-state index in [0.717, 1.165) is 20.9 Å². The molecule has 0 atom stereocenters. The van der Waals surface area contributed by atoms with Crippen LogP contribution >= 0.6 is 23.1 Å². The molecule has 0 aliphatic heterocycles. The van der Waals surface area contributed by atoms with E-state index < -0.39 is 4.92 Å². The van der Waals surface area contributed by atoms with Gasteiger partial charge in [0.25, 0.3) is 11.6 Å². The molecule has 0 aliphatic carbocycles. The van der Waals surface area contributed by atoms with Crippen molar-refractivity contribution >= 4 is 61.6 Å². The van der Waals surface area contributed by atoms with Crippen LogP contribution in [0.2, 0.25) is 0 Å². The average molecular weight is 495 g/mol. The van der Waals surface area contributed by atoms with Crippen molar-refractivity contribution in [3.8, 4) is 5.75 Å². The maximum absolute atomic E-state index is 12.4. The third kappa shape index (κ3) is 5.69. The molecule has 0 saturated heterocycles. The van der Waals surface area contributed by atoms with Gasteiger partial charge in [-0.2, -0.15) is 0 Å². The number of benzene rings is 3. The number of nitrogens with one attached hydrogen (secondary N) is 2. The smallest absolute Gasteiger partial charge is 0.269 e. The summed E-state index contributed by atoms with van der Waals surface area (Å²) in [4.78, 5) is 40.3. The zero-order valence-corrected chi connectivity index (χ0v) is 19.4. The maximum Gasteiger partial charge on any atom is 0.269 e. The number of nitro groups is 1. The molecule has 0 fully saturated rings. The molecular formula is C23H18N4O5S2. The van der Waals surface area contributed by atoms with Crippen molar-refractivity contribution in [1.82, 2.24) is 4.98 Å². The summed E-state index contributed by atoms with van der Waals surface area (Å²) >= 11 is 2.69. The number of methoxy groups -OCH3 is 1. The van der Waals surface area contributed by atoms with Crippen LogP contribution in [0.25, 0.3) is 10.2 Å². The Morgan fingerprint density at radius 3 is 2.62 bits per heavy atom. The Hall–Kier alpha value is -3.96. The van der Waals surface area contributed by atoms with Crippen molar-refractivity contribution in [3.63, 3.8) is 0 Å². The van der Waals surface area contributed by atoms with Crippen LogP contribution in [0.3, 0.4) is 0 Å². The molecule has 0 saturated carbocycles. The molecule has 9 nitrogen and oxygen atoms in total. The minimum atomic E-state index is -0.521. The fourth-order valence-corrected chi connectivity index (χ4v) is 4.66.